The fraction of sp³-hybridized carbons (Fsp3) is 1.00. The summed E-state index contributed by atoms with van der Waals surface area (Å²) in [6.45, 7) is 2.93. The maximum Gasteiger partial charge on any atom is 0.393 e. The van der Waals surface area contributed by atoms with Gasteiger partial charge in [0.05, 0.1) is 5.92 Å². The van der Waals surface area contributed by atoms with Crippen LogP contribution < -0.4 is 5.32 Å². The zero-order chi connectivity index (χ0) is 14.1. The molecule has 1 fully saturated rings. The minimum Gasteiger partial charge on any atom is -0.313 e. The number of alkyl halides is 3. The maximum atomic E-state index is 12.9. The van der Waals surface area contributed by atoms with Crippen molar-refractivity contribution >= 4 is 0 Å². The molecule has 0 aromatic rings. The standard InChI is InChI=1S/C15H28F3N/c1-2-3-4-5-6-7-8-11-14-13(15(16,17)18)10-9-12-19-14/h13-14,19H,2-12H2,1H3. The lowest BCUT2D eigenvalue weighted by Gasteiger charge is -2.34. The van der Waals surface area contributed by atoms with Crippen LogP contribution in [0.5, 0.6) is 0 Å². The molecule has 2 atom stereocenters. The molecule has 1 aliphatic rings. The summed E-state index contributed by atoms with van der Waals surface area (Å²) in [6.07, 6.45) is 5.79. The van der Waals surface area contributed by atoms with Gasteiger partial charge in [0.2, 0.25) is 0 Å². The molecule has 0 aromatic heterocycles. The number of unbranched alkanes of at least 4 members (excludes halogenated alkanes) is 6. The molecule has 0 spiro atoms. The average molecular weight is 279 g/mol. The van der Waals surface area contributed by atoms with Gasteiger partial charge in [-0.2, -0.15) is 13.2 Å². The van der Waals surface area contributed by atoms with Crippen molar-refractivity contribution in [2.45, 2.75) is 83.4 Å². The van der Waals surface area contributed by atoms with Crippen LogP contribution in [0.25, 0.3) is 0 Å². The van der Waals surface area contributed by atoms with Gasteiger partial charge in [0.15, 0.2) is 0 Å². The Labute approximate surface area is 115 Å². The van der Waals surface area contributed by atoms with Crippen molar-refractivity contribution in [2.75, 3.05) is 6.54 Å². The molecule has 2 unspecified atom stereocenters. The Hall–Kier alpha value is -0.250. The number of hydrogen-bond donors (Lipinski definition) is 1. The van der Waals surface area contributed by atoms with E-state index in [1.807, 2.05) is 0 Å². The molecule has 1 nitrogen and oxygen atoms in total. The van der Waals surface area contributed by atoms with E-state index in [0.717, 1.165) is 19.4 Å². The normalized spacial score (nSPS) is 24.6. The highest BCUT2D eigenvalue weighted by molar-refractivity contribution is 4.85. The highest BCUT2D eigenvalue weighted by atomic mass is 19.4. The number of halogens is 3. The molecule has 1 rings (SSSR count). The number of nitrogens with one attached hydrogen (secondary N) is 1. The van der Waals surface area contributed by atoms with E-state index in [-0.39, 0.29) is 6.04 Å². The van der Waals surface area contributed by atoms with E-state index in [9.17, 15) is 13.2 Å². The Kier molecular flexibility index (Phi) is 7.81. The summed E-state index contributed by atoms with van der Waals surface area (Å²) < 4.78 is 38.6. The molecule has 1 heterocycles. The Bertz CT molecular complexity index is 228. The fourth-order valence-corrected chi connectivity index (χ4v) is 2.97. The average Bonchev–Trinajstić information content (AvgIpc) is 2.37. The third-order valence-electron chi connectivity index (χ3n) is 4.12. The van der Waals surface area contributed by atoms with Crippen LogP contribution in [0.15, 0.2) is 0 Å². The van der Waals surface area contributed by atoms with Crippen molar-refractivity contribution in [1.82, 2.24) is 5.32 Å². The summed E-state index contributed by atoms with van der Waals surface area (Å²) in [7, 11) is 0. The second-order valence-corrected chi connectivity index (χ2v) is 5.76. The Morgan fingerprint density at radius 3 is 2.26 bits per heavy atom. The predicted octanol–water partition coefficient (Wildman–Crippen LogP) is 5.06. The van der Waals surface area contributed by atoms with Gasteiger partial charge in [-0.05, 0) is 25.8 Å². The molecule has 4 heteroatoms. The van der Waals surface area contributed by atoms with E-state index in [0.29, 0.717) is 19.3 Å². The summed E-state index contributed by atoms with van der Waals surface area (Å²) in [4.78, 5) is 0. The van der Waals surface area contributed by atoms with Crippen LogP contribution in [0.3, 0.4) is 0 Å². The van der Waals surface area contributed by atoms with E-state index < -0.39 is 12.1 Å². The van der Waals surface area contributed by atoms with Crippen LogP contribution >= 0.6 is 0 Å². The van der Waals surface area contributed by atoms with Gasteiger partial charge in [0.1, 0.15) is 0 Å². The molecular formula is C15H28F3N. The number of rotatable bonds is 8. The molecule has 19 heavy (non-hydrogen) atoms. The van der Waals surface area contributed by atoms with Gasteiger partial charge in [-0.25, -0.2) is 0 Å². The first-order chi connectivity index (χ1) is 9.05. The van der Waals surface area contributed by atoms with Crippen LogP contribution in [-0.2, 0) is 0 Å². The molecular weight excluding hydrogens is 251 g/mol. The van der Waals surface area contributed by atoms with Crippen molar-refractivity contribution in [3.05, 3.63) is 0 Å². The van der Waals surface area contributed by atoms with Gasteiger partial charge in [-0.1, -0.05) is 51.9 Å². The molecule has 0 aliphatic carbocycles. The van der Waals surface area contributed by atoms with Crippen LogP contribution in [0.1, 0.15) is 71.1 Å². The molecule has 0 bridgehead atoms. The third kappa shape index (κ3) is 6.64. The molecule has 1 aliphatic heterocycles. The van der Waals surface area contributed by atoms with E-state index in [4.69, 9.17) is 0 Å². The minimum absolute atomic E-state index is 0.303. The quantitative estimate of drug-likeness (QED) is 0.612. The van der Waals surface area contributed by atoms with Crippen molar-refractivity contribution in [2.24, 2.45) is 5.92 Å². The largest absolute Gasteiger partial charge is 0.393 e. The molecule has 0 amide bonds. The molecule has 0 radical (unpaired) electrons. The van der Waals surface area contributed by atoms with Gasteiger partial charge in [0.25, 0.3) is 0 Å². The summed E-state index contributed by atoms with van der Waals surface area (Å²) in [5, 5.41) is 3.07. The second kappa shape index (κ2) is 8.83. The first kappa shape index (κ1) is 16.8. The number of hydrogen-bond acceptors (Lipinski definition) is 1. The highest BCUT2D eigenvalue weighted by Gasteiger charge is 2.44. The van der Waals surface area contributed by atoms with Crippen molar-refractivity contribution in [1.29, 1.82) is 0 Å². The predicted molar refractivity (Wildman–Crippen MR) is 73.2 cm³/mol. The highest BCUT2D eigenvalue weighted by Crippen LogP contribution is 2.35. The molecule has 1 saturated heterocycles. The van der Waals surface area contributed by atoms with Crippen molar-refractivity contribution < 1.29 is 13.2 Å². The van der Waals surface area contributed by atoms with Gasteiger partial charge in [-0.15, -0.1) is 0 Å². The smallest absolute Gasteiger partial charge is 0.313 e. The first-order valence-electron chi connectivity index (χ1n) is 7.85. The zero-order valence-electron chi connectivity index (χ0n) is 12.1. The lowest BCUT2D eigenvalue weighted by atomic mass is 9.87. The SMILES string of the molecule is CCCCCCCCCC1NCCCC1C(F)(F)F. The van der Waals surface area contributed by atoms with E-state index in [1.165, 1.54) is 32.1 Å². The summed E-state index contributed by atoms with van der Waals surface area (Å²) in [5.41, 5.74) is 0. The lowest BCUT2D eigenvalue weighted by Crippen LogP contribution is -2.47. The van der Waals surface area contributed by atoms with Gasteiger partial charge in [-0.3, -0.25) is 0 Å². The Morgan fingerprint density at radius 2 is 1.63 bits per heavy atom. The monoisotopic (exact) mass is 279 g/mol. The summed E-state index contributed by atoms with van der Waals surface area (Å²) in [6, 6.07) is -0.343. The maximum absolute atomic E-state index is 12.9. The van der Waals surface area contributed by atoms with Gasteiger partial charge >= 0.3 is 6.18 Å². The summed E-state index contributed by atoms with van der Waals surface area (Å²) >= 11 is 0. The van der Waals surface area contributed by atoms with Crippen molar-refractivity contribution in [3.8, 4) is 0 Å². The lowest BCUT2D eigenvalue weighted by molar-refractivity contribution is -0.188. The molecule has 0 saturated carbocycles. The van der Waals surface area contributed by atoms with Crippen LogP contribution in [0.4, 0.5) is 13.2 Å². The van der Waals surface area contributed by atoms with Crippen molar-refractivity contribution in [3.63, 3.8) is 0 Å². The Balaban J connectivity index is 2.15. The summed E-state index contributed by atoms with van der Waals surface area (Å²) in [5.74, 6) is -1.12. The van der Waals surface area contributed by atoms with E-state index in [2.05, 4.69) is 12.2 Å². The topological polar surface area (TPSA) is 12.0 Å². The molecule has 1 N–H and O–H groups in total. The fourth-order valence-electron chi connectivity index (χ4n) is 2.97. The van der Waals surface area contributed by atoms with Gasteiger partial charge in [0, 0.05) is 6.04 Å². The van der Waals surface area contributed by atoms with E-state index in [1.54, 1.807) is 0 Å². The minimum atomic E-state index is -4.03. The van der Waals surface area contributed by atoms with Crippen LogP contribution in [-0.4, -0.2) is 18.8 Å². The molecule has 0 aromatic carbocycles. The Morgan fingerprint density at radius 1 is 1.00 bits per heavy atom. The van der Waals surface area contributed by atoms with E-state index >= 15 is 0 Å². The zero-order valence-corrected chi connectivity index (χ0v) is 12.1. The van der Waals surface area contributed by atoms with Crippen LogP contribution in [0, 0.1) is 5.92 Å². The van der Waals surface area contributed by atoms with Crippen LogP contribution in [0.2, 0.25) is 0 Å². The second-order valence-electron chi connectivity index (χ2n) is 5.76. The van der Waals surface area contributed by atoms with Gasteiger partial charge < -0.3 is 5.32 Å². The molecule has 114 valence electrons. The first-order valence-corrected chi connectivity index (χ1v) is 7.85. The number of piperidine rings is 1. The third-order valence-corrected chi connectivity index (χ3v) is 4.12.